The Bertz CT molecular complexity index is 803. The highest BCUT2D eigenvalue weighted by Crippen LogP contribution is 2.51. The van der Waals surface area contributed by atoms with Crippen molar-refractivity contribution in [1.82, 2.24) is 19.9 Å². The minimum absolute atomic E-state index is 0.123. The molecular weight excluding hydrogens is 368 g/mol. The molecule has 1 aliphatic heterocycles. The monoisotopic (exact) mass is 398 g/mol. The summed E-state index contributed by atoms with van der Waals surface area (Å²) in [6, 6.07) is 4.41. The maximum absolute atomic E-state index is 12.0. The second kappa shape index (κ2) is 8.63. The Morgan fingerprint density at radius 3 is 2.45 bits per heavy atom. The van der Waals surface area contributed by atoms with E-state index in [4.69, 9.17) is 9.47 Å². The number of aliphatic hydroxyl groups is 1. The molecule has 29 heavy (non-hydrogen) atoms. The van der Waals surface area contributed by atoms with Crippen LogP contribution in [0.3, 0.4) is 0 Å². The molecule has 2 aromatic heterocycles. The lowest BCUT2D eigenvalue weighted by Gasteiger charge is -2.53. The van der Waals surface area contributed by atoms with Gasteiger partial charge in [-0.05, 0) is 44.4 Å². The summed E-state index contributed by atoms with van der Waals surface area (Å²) in [5.41, 5.74) is 0.992. The number of aromatic nitrogens is 3. The first-order valence-electron chi connectivity index (χ1n) is 10.6. The van der Waals surface area contributed by atoms with Gasteiger partial charge in [-0.15, -0.1) is 0 Å². The van der Waals surface area contributed by atoms with Crippen LogP contribution >= 0.6 is 0 Å². The van der Waals surface area contributed by atoms with Gasteiger partial charge in [0.1, 0.15) is 5.60 Å². The van der Waals surface area contributed by atoms with Crippen LogP contribution in [0, 0.1) is 11.8 Å². The summed E-state index contributed by atoms with van der Waals surface area (Å²) >= 11 is 0. The average Bonchev–Trinajstić information content (AvgIpc) is 2.70. The van der Waals surface area contributed by atoms with E-state index in [0.717, 1.165) is 38.9 Å². The van der Waals surface area contributed by atoms with Crippen molar-refractivity contribution < 1.29 is 14.6 Å². The summed E-state index contributed by atoms with van der Waals surface area (Å²) in [6.07, 6.45) is 8.50. The molecular formula is C22H30N4O3. The largest absolute Gasteiger partial charge is 0.478 e. The minimum Gasteiger partial charge on any atom is -0.478 e. The van der Waals surface area contributed by atoms with Gasteiger partial charge in [-0.3, -0.25) is 9.88 Å². The van der Waals surface area contributed by atoms with Gasteiger partial charge < -0.3 is 14.6 Å². The Kier molecular flexibility index (Phi) is 5.96. The van der Waals surface area contributed by atoms with E-state index in [0.29, 0.717) is 30.7 Å². The Hall–Kier alpha value is -2.25. The van der Waals surface area contributed by atoms with Crippen LogP contribution in [0.5, 0.6) is 11.9 Å². The lowest BCUT2D eigenvalue weighted by molar-refractivity contribution is -0.150. The Balaban J connectivity index is 1.62. The van der Waals surface area contributed by atoms with Gasteiger partial charge in [-0.2, -0.15) is 4.98 Å². The van der Waals surface area contributed by atoms with E-state index in [-0.39, 0.29) is 11.8 Å². The number of nitrogens with zero attached hydrogens (tertiary/aromatic N) is 4. The number of hydrogen-bond acceptors (Lipinski definition) is 7. The predicted molar refractivity (Wildman–Crippen MR) is 109 cm³/mol. The van der Waals surface area contributed by atoms with E-state index in [1.165, 1.54) is 5.56 Å². The molecule has 0 unspecified atom stereocenters. The predicted octanol–water partition coefficient (Wildman–Crippen LogP) is 2.79. The van der Waals surface area contributed by atoms with Crippen LogP contribution < -0.4 is 9.47 Å². The van der Waals surface area contributed by atoms with E-state index in [9.17, 15) is 5.11 Å². The average molecular weight is 399 g/mol. The van der Waals surface area contributed by atoms with Gasteiger partial charge in [0, 0.05) is 50.1 Å². The fourth-order valence-electron chi connectivity index (χ4n) is 4.93. The molecule has 0 amide bonds. The van der Waals surface area contributed by atoms with Crippen LogP contribution in [0.2, 0.25) is 0 Å². The highest BCUT2D eigenvalue weighted by atomic mass is 16.5. The topological polar surface area (TPSA) is 80.6 Å². The second-order valence-corrected chi connectivity index (χ2v) is 7.94. The van der Waals surface area contributed by atoms with Gasteiger partial charge in [0.2, 0.25) is 5.88 Å². The molecule has 3 heterocycles. The first kappa shape index (κ1) is 20.0. The molecule has 2 atom stereocenters. The molecule has 0 radical (unpaired) electrons. The maximum atomic E-state index is 12.0. The van der Waals surface area contributed by atoms with Crippen molar-refractivity contribution in [3.63, 3.8) is 0 Å². The lowest BCUT2D eigenvalue weighted by Crippen LogP contribution is -2.58. The van der Waals surface area contributed by atoms with E-state index in [1.807, 2.05) is 26.2 Å². The molecule has 2 aliphatic rings. The van der Waals surface area contributed by atoms with Crippen molar-refractivity contribution in [2.75, 3.05) is 26.3 Å². The van der Waals surface area contributed by atoms with Crippen LogP contribution in [0.1, 0.15) is 44.2 Å². The van der Waals surface area contributed by atoms with E-state index < -0.39 is 5.60 Å². The fraction of sp³-hybridized carbons (Fsp3) is 0.591. The number of ether oxygens (including phenoxy) is 2. The summed E-state index contributed by atoms with van der Waals surface area (Å²) in [5, 5.41) is 12.0. The van der Waals surface area contributed by atoms with Crippen LogP contribution in [-0.4, -0.2) is 51.3 Å². The first-order chi connectivity index (χ1) is 14.1. The third-order valence-electron chi connectivity index (χ3n) is 6.18. The molecule has 1 saturated carbocycles. The number of hydrogen-bond donors (Lipinski definition) is 1. The summed E-state index contributed by atoms with van der Waals surface area (Å²) in [7, 11) is 0. The summed E-state index contributed by atoms with van der Waals surface area (Å²) < 4.78 is 11.3. The molecule has 1 N–H and O–H groups in total. The zero-order chi connectivity index (χ0) is 20.3. The zero-order valence-electron chi connectivity index (χ0n) is 17.3. The zero-order valence-corrected chi connectivity index (χ0v) is 17.3. The van der Waals surface area contributed by atoms with Crippen LogP contribution in [0.15, 0.2) is 30.7 Å². The third-order valence-corrected chi connectivity index (χ3v) is 6.18. The van der Waals surface area contributed by atoms with Gasteiger partial charge in [-0.25, -0.2) is 4.98 Å². The van der Waals surface area contributed by atoms with Crippen molar-refractivity contribution in [3.8, 4) is 11.9 Å². The maximum Gasteiger partial charge on any atom is 0.319 e. The smallest absolute Gasteiger partial charge is 0.319 e. The Labute approximate surface area is 172 Å². The molecule has 156 valence electrons. The third kappa shape index (κ3) is 3.94. The van der Waals surface area contributed by atoms with Gasteiger partial charge in [-0.1, -0.05) is 6.42 Å². The molecule has 7 heteroatoms. The molecule has 1 saturated heterocycles. The molecule has 2 aromatic rings. The molecule has 7 nitrogen and oxygen atoms in total. The number of rotatable bonds is 7. The van der Waals surface area contributed by atoms with Crippen LogP contribution in [-0.2, 0) is 12.1 Å². The first-order valence-corrected chi connectivity index (χ1v) is 10.6. The quantitative estimate of drug-likeness (QED) is 0.768. The summed E-state index contributed by atoms with van der Waals surface area (Å²) in [5.74, 6) is 0.697. The van der Waals surface area contributed by atoms with Gasteiger partial charge in [0.05, 0.1) is 18.8 Å². The molecule has 1 aliphatic carbocycles. The number of pyridine rings is 1. The van der Waals surface area contributed by atoms with Crippen molar-refractivity contribution in [3.05, 3.63) is 41.9 Å². The van der Waals surface area contributed by atoms with Crippen molar-refractivity contribution in [2.45, 2.75) is 45.3 Å². The van der Waals surface area contributed by atoms with E-state index in [2.05, 4.69) is 32.0 Å². The number of piperidine rings is 1. The summed E-state index contributed by atoms with van der Waals surface area (Å²) in [6.45, 7) is 7.36. The van der Waals surface area contributed by atoms with Gasteiger partial charge >= 0.3 is 6.01 Å². The van der Waals surface area contributed by atoms with Crippen LogP contribution in [0.4, 0.5) is 0 Å². The molecule has 4 rings (SSSR count). The van der Waals surface area contributed by atoms with Crippen molar-refractivity contribution in [2.24, 2.45) is 11.8 Å². The summed E-state index contributed by atoms with van der Waals surface area (Å²) in [4.78, 5) is 15.4. The highest BCUT2D eigenvalue weighted by Gasteiger charge is 2.53. The van der Waals surface area contributed by atoms with Crippen molar-refractivity contribution in [1.29, 1.82) is 0 Å². The van der Waals surface area contributed by atoms with Crippen molar-refractivity contribution >= 4 is 0 Å². The molecule has 0 spiro atoms. The Morgan fingerprint density at radius 1 is 1.10 bits per heavy atom. The van der Waals surface area contributed by atoms with Gasteiger partial charge in [0.25, 0.3) is 0 Å². The standard InChI is InChI=1S/C22H30N4O3/c1-3-28-20-19(12-24-21(25-20)29-4-2)22(27)17-6-5-7-18(22)15-26(14-17)13-16-8-10-23-11-9-16/h8-12,17-18,27H,3-7,13-15H2,1-2H3/t17-,18-/m0/s1. The second-order valence-electron chi connectivity index (χ2n) is 7.94. The Morgan fingerprint density at radius 2 is 1.79 bits per heavy atom. The SMILES string of the molecule is CCOc1ncc(C2(O)[C@H]3CCC[C@H]2CN(Cc2ccncc2)C3)c(OCC)n1. The molecule has 0 aromatic carbocycles. The number of likely N-dealkylation sites (tertiary alicyclic amines) is 1. The van der Waals surface area contributed by atoms with Crippen LogP contribution in [0.25, 0.3) is 0 Å². The van der Waals surface area contributed by atoms with E-state index in [1.54, 1.807) is 6.20 Å². The highest BCUT2D eigenvalue weighted by molar-refractivity contribution is 5.34. The molecule has 2 bridgehead atoms. The lowest BCUT2D eigenvalue weighted by atomic mass is 9.63. The van der Waals surface area contributed by atoms with E-state index >= 15 is 0 Å². The van der Waals surface area contributed by atoms with Gasteiger partial charge in [0.15, 0.2) is 0 Å². The molecule has 2 fully saturated rings. The fourth-order valence-corrected chi connectivity index (χ4v) is 4.93. The normalized spacial score (nSPS) is 26.9. The number of fused-ring (bicyclic) bond motifs is 2. The minimum atomic E-state index is -0.970.